The number of carbonyl (C=O) groups excluding carboxylic acids is 2. The fourth-order valence-electron chi connectivity index (χ4n) is 9.04. The van der Waals surface area contributed by atoms with Crippen molar-refractivity contribution in [2.75, 3.05) is 11.5 Å². The van der Waals surface area contributed by atoms with Crippen LogP contribution in [-0.4, -0.2) is 78.6 Å². The summed E-state index contributed by atoms with van der Waals surface area (Å²) in [6, 6.07) is 47.3. The lowest BCUT2D eigenvalue weighted by Crippen LogP contribution is -2.29. The van der Waals surface area contributed by atoms with Gasteiger partial charge in [0.25, 0.3) is 0 Å². The molecule has 83 heavy (non-hydrogen) atoms. The second kappa shape index (κ2) is 25.1. The van der Waals surface area contributed by atoms with Crippen molar-refractivity contribution in [2.24, 2.45) is 0 Å². The van der Waals surface area contributed by atoms with Crippen LogP contribution in [0.4, 0.5) is 11.6 Å². The lowest BCUT2D eigenvalue weighted by atomic mass is 9.82. The van der Waals surface area contributed by atoms with Crippen LogP contribution in [0.1, 0.15) is 34.6 Å². The molecule has 0 aliphatic heterocycles. The zero-order chi connectivity index (χ0) is 58.0. The standard InChI is InChI=1S/C22H14N4O.C21H16N4O.C16H12ClN3O.C5H6BNO2/c27-20-7-10-25-22-18(20)12-17(21(26-22)16-4-1-8-23-13-16)14-5-6-19-15(11-14)3-2-9-24-19;1-13(26)17-11-18(14-6-7-19-15(10-14)4-3-9-24-19)20(25-21(17)22)16-5-2-8-23-12-16;1-9(21)12-8-13(15(17)20-16(12)18)10-4-5-14-11(7-10)3-2-6-19-14;8-6(9)5-2-1-3-7-4-5/h1-13H,(H,25,26,27);2-12H,1H3,(H2,22,25);2-8H,1H3,(H2,18,20);1-4,8-9H. The SMILES string of the molecule is CC(=O)c1cc(-c2ccc3ncccc3c2)c(-c2cccnc2)nc1N.CC(=O)c1cc(-c2ccc3ncccc3c2)c(Cl)nc1N.O=c1cc[nH]c2nc(-c3cccnc3)c(-c3ccc4ncccc4c3)cc12.OB(O)c1cccnc1. The number of hydrogen-bond acceptors (Lipinski definition) is 16. The Labute approximate surface area is 479 Å². The third-order valence-electron chi connectivity index (χ3n) is 13.2. The molecule has 0 saturated carbocycles. The molecule has 0 spiro atoms. The van der Waals surface area contributed by atoms with Crippen LogP contribution in [0.3, 0.4) is 0 Å². The number of nitrogen functional groups attached to an aromatic ring is 2. The zero-order valence-electron chi connectivity index (χ0n) is 44.5. The van der Waals surface area contributed by atoms with E-state index in [1.165, 1.54) is 26.1 Å². The van der Waals surface area contributed by atoms with Crippen LogP contribution in [0.5, 0.6) is 0 Å². The number of hydrogen-bond donors (Lipinski definition) is 5. The Morgan fingerprint density at radius 1 is 0.494 bits per heavy atom. The molecule has 0 bridgehead atoms. The van der Waals surface area contributed by atoms with Gasteiger partial charge in [-0.15, -0.1) is 0 Å². The number of halogens is 1. The number of ketones is 2. The van der Waals surface area contributed by atoms with E-state index in [-0.39, 0.29) is 33.8 Å². The van der Waals surface area contributed by atoms with Crippen LogP contribution < -0.4 is 22.4 Å². The highest BCUT2D eigenvalue weighted by molar-refractivity contribution is 6.58. The minimum absolute atomic E-state index is 0.0577. The molecule has 0 aliphatic carbocycles. The van der Waals surface area contributed by atoms with Gasteiger partial charge in [0.05, 0.1) is 44.5 Å². The molecule has 404 valence electrons. The van der Waals surface area contributed by atoms with Gasteiger partial charge in [-0.1, -0.05) is 54.1 Å². The normalized spacial score (nSPS) is 10.7. The van der Waals surface area contributed by atoms with Gasteiger partial charge in [0.2, 0.25) is 0 Å². The Morgan fingerprint density at radius 2 is 0.940 bits per heavy atom. The van der Waals surface area contributed by atoms with Crippen LogP contribution >= 0.6 is 11.6 Å². The largest absolute Gasteiger partial charge is 0.490 e. The van der Waals surface area contributed by atoms with Gasteiger partial charge >= 0.3 is 7.12 Å². The smallest absolute Gasteiger partial charge is 0.423 e. The Balaban J connectivity index is 0.000000130. The van der Waals surface area contributed by atoms with E-state index in [4.69, 9.17) is 38.1 Å². The summed E-state index contributed by atoms with van der Waals surface area (Å²) in [5.41, 5.74) is 24.6. The number of aromatic amines is 1. The van der Waals surface area contributed by atoms with Crippen LogP contribution in [0.2, 0.25) is 5.15 Å². The average molecular weight is 1110 g/mol. The van der Waals surface area contributed by atoms with Gasteiger partial charge in [0.1, 0.15) is 22.4 Å². The number of aromatic nitrogens is 10. The molecule has 7 N–H and O–H groups in total. The number of nitrogens with two attached hydrogens (primary N) is 2. The van der Waals surface area contributed by atoms with Gasteiger partial charge in [-0.05, 0) is 134 Å². The van der Waals surface area contributed by atoms with E-state index in [1.807, 2.05) is 121 Å². The highest BCUT2D eigenvalue weighted by Gasteiger charge is 2.18. The van der Waals surface area contributed by atoms with Gasteiger partial charge in [-0.25, -0.2) is 15.0 Å². The first kappa shape index (κ1) is 55.5. The quantitative estimate of drug-likeness (QED) is 0.0537. The molecule has 3 aromatic carbocycles. The van der Waals surface area contributed by atoms with E-state index < -0.39 is 7.12 Å². The summed E-state index contributed by atoms with van der Waals surface area (Å²) < 4.78 is 0. The number of benzene rings is 3. The van der Waals surface area contributed by atoms with Gasteiger partial charge in [0, 0.05) is 117 Å². The van der Waals surface area contributed by atoms with Crippen LogP contribution in [-0.2, 0) is 0 Å². The Kier molecular flexibility index (Phi) is 16.8. The molecule has 13 rings (SSSR count). The number of nitrogens with one attached hydrogen (secondary N) is 1. The van der Waals surface area contributed by atoms with Gasteiger partial charge in [-0.2, -0.15) is 0 Å². The number of pyridine rings is 10. The molecule has 0 fully saturated rings. The van der Waals surface area contributed by atoms with E-state index in [0.717, 1.165) is 77.3 Å². The summed E-state index contributed by atoms with van der Waals surface area (Å²) in [6.07, 6.45) is 16.8. The molecule has 13 aromatic rings. The monoisotopic (exact) mass is 1110 g/mol. The summed E-state index contributed by atoms with van der Waals surface area (Å²) in [5.74, 6) is 0.123. The number of carbonyl (C=O) groups is 2. The molecule has 0 saturated heterocycles. The number of Topliss-reactive ketones (excluding diaryl/α,β-unsaturated/α-hetero) is 2. The van der Waals surface area contributed by atoms with Crippen molar-refractivity contribution in [3.63, 3.8) is 0 Å². The molecular formula is C64H48BClN12O5. The predicted octanol–water partition coefficient (Wildman–Crippen LogP) is 10.8. The van der Waals surface area contributed by atoms with Crippen LogP contribution in [0.25, 0.3) is 99.6 Å². The molecule has 17 nitrogen and oxygen atoms in total. The van der Waals surface area contributed by atoms with Crippen molar-refractivity contribution < 1.29 is 19.6 Å². The summed E-state index contributed by atoms with van der Waals surface area (Å²) in [7, 11) is -1.40. The zero-order valence-corrected chi connectivity index (χ0v) is 45.2. The van der Waals surface area contributed by atoms with Gasteiger partial charge in [-0.3, -0.25) is 44.3 Å². The van der Waals surface area contributed by atoms with Crippen molar-refractivity contribution in [2.45, 2.75) is 13.8 Å². The molecule has 0 radical (unpaired) electrons. The third-order valence-corrected chi connectivity index (χ3v) is 13.4. The number of nitrogens with zero attached hydrogens (tertiary/aromatic N) is 9. The van der Waals surface area contributed by atoms with E-state index in [0.29, 0.717) is 38.9 Å². The summed E-state index contributed by atoms with van der Waals surface area (Å²) >= 11 is 6.17. The second-order valence-corrected chi connectivity index (χ2v) is 19.0. The van der Waals surface area contributed by atoms with E-state index >= 15 is 0 Å². The first-order valence-electron chi connectivity index (χ1n) is 25.7. The van der Waals surface area contributed by atoms with Crippen molar-refractivity contribution in [1.82, 2.24) is 49.8 Å². The third kappa shape index (κ3) is 12.8. The number of H-pyrrole nitrogens is 1. The minimum atomic E-state index is -1.40. The maximum atomic E-state index is 12.3. The average Bonchev–Trinajstić information content (AvgIpc) is 3.62. The predicted molar refractivity (Wildman–Crippen MR) is 327 cm³/mol. The van der Waals surface area contributed by atoms with Crippen molar-refractivity contribution >= 4 is 91.1 Å². The van der Waals surface area contributed by atoms with E-state index in [2.05, 4.69) is 50.9 Å². The fourth-order valence-corrected chi connectivity index (χ4v) is 9.29. The lowest BCUT2D eigenvalue weighted by molar-refractivity contribution is 0.101. The van der Waals surface area contributed by atoms with Gasteiger partial charge < -0.3 is 26.5 Å². The highest BCUT2D eigenvalue weighted by Crippen LogP contribution is 2.36. The fraction of sp³-hybridized carbons (Fsp3) is 0.0312. The summed E-state index contributed by atoms with van der Waals surface area (Å²) in [6.45, 7) is 2.95. The van der Waals surface area contributed by atoms with Gasteiger partial charge in [0.15, 0.2) is 17.0 Å². The highest BCUT2D eigenvalue weighted by atomic mass is 35.5. The number of anilines is 2. The van der Waals surface area contributed by atoms with E-state index in [1.54, 1.807) is 74.0 Å². The topological polar surface area (TPSA) is 276 Å². The molecule has 10 heterocycles. The van der Waals surface area contributed by atoms with Crippen molar-refractivity contribution in [3.8, 4) is 55.9 Å². The Bertz CT molecular complexity index is 4580. The molecule has 0 atom stereocenters. The maximum Gasteiger partial charge on any atom is 0.490 e. The Hall–Kier alpha value is -10.8. The van der Waals surface area contributed by atoms with E-state index in [9.17, 15) is 14.4 Å². The van der Waals surface area contributed by atoms with Crippen molar-refractivity contribution in [1.29, 1.82) is 0 Å². The van der Waals surface area contributed by atoms with Crippen LogP contribution in [0, 0.1) is 0 Å². The Morgan fingerprint density at radius 3 is 1.40 bits per heavy atom. The minimum Gasteiger partial charge on any atom is -0.423 e. The first-order chi connectivity index (χ1) is 40.3. The molecule has 10 aromatic heterocycles. The molecule has 0 amide bonds. The van der Waals surface area contributed by atoms with Crippen LogP contribution in [0.15, 0.2) is 218 Å². The maximum absolute atomic E-state index is 12.3. The second-order valence-electron chi connectivity index (χ2n) is 18.7. The summed E-state index contributed by atoms with van der Waals surface area (Å²) in [5, 5.41) is 21.0. The lowest BCUT2D eigenvalue weighted by Gasteiger charge is -2.13. The molecule has 0 aliphatic rings. The number of fused-ring (bicyclic) bond motifs is 4. The molecule has 19 heteroatoms. The van der Waals surface area contributed by atoms with Crippen molar-refractivity contribution in [3.05, 3.63) is 240 Å². The molecule has 0 unspecified atom stereocenters. The summed E-state index contributed by atoms with van der Waals surface area (Å²) in [4.78, 5) is 77.4. The first-order valence-corrected chi connectivity index (χ1v) is 26.1. The number of rotatable bonds is 8. The molecular weight excluding hydrogens is 1060 g/mol.